The molecular formula is C15H19NO5. The van der Waals surface area contributed by atoms with Gasteiger partial charge in [0.25, 0.3) is 0 Å². The number of aliphatic carboxylic acids is 1. The van der Waals surface area contributed by atoms with Gasteiger partial charge in [0.05, 0.1) is 12.0 Å². The summed E-state index contributed by atoms with van der Waals surface area (Å²) < 4.78 is 10.5. The molecule has 2 unspecified atom stereocenters. The van der Waals surface area contributed by atoms with Gasteiger partial charge in [0.15, 0.2) is 11.5 Å². The number of fused-ring (bicyclic) bond motifs is 1. The third-order valence-corrected chi connectivity index (χ3v) is 4.07. The van der Waals surface area contributed by atoms with Crippen molar-refractivity contribution < 1.29 is 24.5 Å². The predicted molar refractivity (Wildman–Crippen MR) is 74.3 cm³/mol. The van der Waals surface area contributed by atoms with Gasteiger partial charge in [0.1, 0.15) is 0 Å². The average Bonchev–Trinajstić information content (AvgIpc) is 2.94. The van der Waals surface area contributed by atoms with Crippen LogP contribution in [0.4, 0.5) is 0 Å². The number of rotatable bonds is 4. The first-order valence-corrected chi connectivity index (χ1v) is 7.16. The van der Waals surface area contributed by atoms with Crippen molar-refractivity contribution in [3.63, 3.8) is 0 Å². The van der Waals surface area contributed by atoms with Crippen molar-refractivity contribution in [1.82, 2.24) is 4.90 Å². The van der Waals surface area contributed by atoms with E-state index in [1.54, 1.807) is 12.1 Å². The van der Waals surface area contributed by atoms with Gasteiger partial charge in [-0.3, -0.25) is 9.69 Å². The molecule has 0 spiro atoms. The fourth-order valence-electron chi connectivity index (χ4n) is 2.89. The molecule has 2 aliphatic rings. The summed E-state index contributed by atoms with van der Waals surface area (Å²) in [5.74, 6) is 0.253. The SMILES string of the molecule is O=C(O)C1CCCN(CC(O)c2ccc3c(c2)OCO3)C1. The number of aliphatic hydroxyl groups excluding tert-OH is 1. The summed E-state index contributed by atoms with van der Waals surface area (Å²) in [6.07, 6.45) is 0.906. The highest BCUT2D eigenvalue weighted by atomic mass is 16.7. The molecule has 1 saturated heterocycles. The van der Waals surface area contributed by atoms with Crippen LogP contribution >= 0.6 is 0 Å². The Morgan fingerprint density at radius 2 is 2.19 bits per heavy atom. The Hall–Kier alpha value is -1.79. The number of benzene rings is 1. The first-order chi connectivity index (χ1) is 10.1. The van der Waals surface area contributed by atoms with E-state index in [2.05, 4.69) is 0 Å². The quantitative estimate of drug-likeness (QED) is 0.869. The highest BCUT2D eigenvalue weighted by molar-refractivity contribution is 5.70. The van der Waals surface area contributed by atoms with Crippen LogP contribution in [0.3, 0.4) is 0 Å². The molecule has 0 bridgehead atoms. The van der Waals surface area contributed by atoms with E-state index in [9.17, 15) is 9.90 Å². The number of carboxylic acids is 1. The van der Waals surface area contributed by atoms with Crippen molar-refractivity contribution in [1.29, 1.82) is 0 Å². The average molecular weight is 293 g/mol. The van der Waals surface area contributed by atoms with Gasteiger partial charge in [0, 0.05) is 13.1 Å². The van der Waals surface area contributed by atoms with Crippen LogP contribution < -0.4 is 9.47 Å². The van der Waals surface area contributed by atoms with Gasteiger partial charge in [-0.1, -0.05) is 6.07 Å². The van der Waals surface area contributed by atoms with E-state index in [-0.39, 0.29) is 12.7 Å². The Morgan fingerprint density at radius 1 is 1.38 bits per heavy atom. The number of ether oxygens (including phenoxy) is 2. The van der Waals surface area contributed by atoms with E-state index in [0.717, 1.165) is 18.5 Å². The van der Waals surface area contributed by atoms with E-state index < -0.39 is 12.1 Å². The van der Waals surface area contributed by atoms with Crippen LogP contribution in [0.2, 0.25) is 0 Å². The number of carbonyl (C=O) groups is 1. The number of hydrogen-bond acceptors (Lipinski definition) is 5. The maximum Gasteiger partial charge on any atom is 0.307 e. The summed E-state index contributed by atoms with van der Waals surface area (Å²) in [6.45, 7) is 1.97. The smallest absolute Gasteiger partial charge is 0.307 e. The van der Waals surface area contributed by atoms with Crippen LogP contribution in [0.25, 0.3) is 0 Å². The van der Waals surface area contributed by atoms with Crippen molar-refractivity contribution in [2.75, 3.05) is 26.4 Å². The minimum absolute atomic E-state index is 0.210. The van der Waals surface area contributed by atoms with Crippen LogP contribution in [0, 0.1) is 5.92 Å². The fraction of sp³-hybridized carbons (Fsp3) is 0.533. The van der Waals surface area contributed by atoms with Crippen molar-refractivity contribution in [3.8, 4) is 11.5 Å². The molecular weight excluding hydrogens is 274 g/mol. The van der Waals surface area contributed by atoms with Crippen molar-refractivity contribution in [2.24, 2.45) is 5.92 Å². The normalized spacial score (nSPS) is 23.0. The molecule has 2 atom stereocenters. The van der Waals surface area contributed by atoms with Crippen molar-refractivity contribution in [2.45, 2.75) is 18.9 Å². The van der Waals surface area contributed by atoms with Gasteiger partial charge >= 0.3 is 5.97 Å². The van der Waals surface area contributed by atoms with Crippen LogP contribution in [0.5, 0.6) is 11.5 Å². The molecule has 6 heteroatoms. The van der Waals surface area contributed by atoms with E-state index in [1.165, 1.54) is 0 Å². The maximum absolute atomic E-state index is 11.1. The van der Waals surface area contributed by atoms with Gasteiger partial charge in [-0.15, -0.1) is 0 Å². The lowest BCUT2D eigenvalue weighted by atomic mass is 9.97. The zero-order chi connectivity index (χ0) is 14.8. The van der Waals surface area contributed by atoms with Gasteiger partial charge in [0.2, 0.25) is 6.79 Å². The molecule has 1 aromatic carbocycles. The number of aliphatic hydroxyl groups is 1. The molecule has 0 saturated carbocycles. The largest absolute Gasteiger partial charge is 0.481 e. The number of nitrogens with zero attached hydrogens (tertiary/aromatic N) is 1. The zero-order valence-electron chi connectivity index (χ0n) is 11.7. The number of carboxylic acid groups (broad SMARTS) is 1. The minimum Gasteiger partial charge on any atom is -0.481 e. The summed E-state index contributed by atoms with van der Waals surface area (Å²) in [4.78, 5) is 13.1. The van der Waals surface area contributed by atoms with Crippen molar-refractivity contribution >= 4 is 5.97 Å². The molecule has 114 valence electrons. The van der Waals surface area contributed by atoms with E-state index in [0.29, 0.717) is 31.0 Å². The van der Waals surface area contributed by atoms with Gasteiger partial charge in [-0.2, -0.15) is 0 Å². The zero-order valence-corrected chi connectivity index (χ0v) is 11.7. The van der Waals surface area contributed by atoms with Gasteiger partial charge < -0.3 is 19.7 Å². The molecule has 2 heterocycles. The predicted octanol–water partition coefficient (Wildman–Crippen LogP) is 1.25. The second-order valence-electron chi connectivity index (χ2n) is 5.57. The molecule has 1 fully saturated rings. The van der Waals surface area contributed by atoms with E-state index in [1.807, 2.05) is 11.0 Å². The Bertz CT molecular complexity index is 533. The number of likely N-dealkylation sites (tertiary alicyclic amines) is 1. The number of piperidine rings is 1. The molecule has 0 radical (unpaired) electrons. The van der Waals surface area contributed by atoms with Crippen molar-refractivity contribution in [3.05, 3.63) is 23.8 Å². The first-order valence-electron chi connectivity index (χ1n) is 7.16. The first kappa shape index (κ1) is 14.2. The van der Waals surface area contributed by atoms with Crippen LogP contribution in [-0.2, 0) is 4.79 Å². The highest BCUT2D eigenvalue weighted by Gasteiger charge is 2.27. The standard InChI is InChI=1S/C15H19NO5/c17-12(8-16-5-1-2-11(7-16)15(18)19)10-3-4-13-14(6-10)21-9-20-13/h3-4,6,11-12,17H,1-2,5,7-9H2,(H,18,19). The van der Waals surface area contributed by atoms with Gasteiger partial charge in [-0.05, 0) is 37.1 Å². The van der Waals surface area contributed by atoms with Crippen LogP contribution in [0.1, 0.15) is 24.5 Å². The fourth-order valence-corrected chi connectivity index (χ4v) is 2.89. The molecule has 0 aromatic heterocycles. The molecule has 1 aromatic rings. The Morgan fingerprint density at radius 3 is 3.00 bits per heavy atom. The lowest BCUT2D eigenvalue weighted by Gasteiger charge is -2.32. The third-order valence-electron chi connectivity index (χ3n) is 4.07. The second-order valence-corrected chi connectivity index (χ2v) is 5.57. The molecule has 0 aliphatic carbocycles. The molecule has 6 nitrogen and oxygen atoms in total. The number of hydrogen-bond donors (Lipinski definition) is 2. The summed E-state index contributed by atoms with van der Waals surface area (Å²) in [5.41, 5.74) is 0.761. The minimum atomic E-state index is -0.753. The molecule has 3 rings (SSSR count). The second kappa shape index (κ2) is 5.91. The van der Waals surface area contributed by atoms with Gasteiger partial charge in [-0.25, -0.2) is 0 Å². The molecule has 2 N–H and O–H groups in total. The number of β-amino-alcohol motifs (C(OH)–C–C–N with tert-alkyl or cyclic N) is 1. The van der Waals surface area contributed by atoms with Crippen LogP contribution in [-0.4, -0.2) is 47.5 Å². The molecule has 2 aliphatic heterocycles. The Balaban J connectivity index is 1.63. The Kier molecular flexibility index (Phi) is 3.98. The Labute approximate surface area is 122 Å². The molecule has 21 heavy (non-hydrogen) atoms. The molecule has 0 amide bonds. The van der Waals surface area contributed by atoms with E-state index >= 15 is 0 Å². The summed E-state index contributed by atoms with van der Waals surface area (Å²) in [5, 5.41) is 19.4. The van der Waals surface area contributed by atoms with Crippen LogP contribution in [0.15, 0.2) is 18.2 Å². The summed E-state index contributed by atoms with van der Waals surface area (Å²) in [6, 6.07) is 5.39. The topological polar surface area (TPSA) is 79.2 Å². The summed E-state index contributed by atoms with van der Waals surface area (Å²) in [7, 11) is 0. The lowest BCUT2D eigenvalue weighted by molar-refractivity contribution is -0.143. The monoisotopic (exact) mass is 293 g/mol. The summed E-state index contributed by atoms with van der Waals surface area (Å²) >= 11 is 0. The lowest BCUT2D eigenvalue weighted by Crippen LogP contribution is -2.40. The van der Waals surface area contributed by atoms with E-state index in [4.69, 9.17) is 14.6 Å². The maximum atomic E-state index is 11.1. The highest BCUT2D eigenvalue weighted by Crippen LogP contribution is 2.34. The third kappa shape index (κ3) is 3.11.